The highest BCUT2D eigenvalue weighted by molar-refractivity contribution is 9.10. The lowest BCUT2D eigenvalue weighted by Crippen LogP contribution is -2.27. The molecule has 0 unspecified atom stereocenters. The van der Waals surface area contributed by atoms with Crippen molar-refractivity contribution in [2.45, 2.75) is 13.8 Å². The molecule has 24 heavy (non-hydrogen) atoms. The van der Waals surface area contributed by atoms with Gasteiger partial charge in [-0.3, -0.25) is 9.69 Å². The van der Waals surface area contributed by atoms with Crippen LogP contribution in [0.15, 0.2) is 34.2 Å². The predicted octanol–water partition coefficient (Wildman–Crippen LogP) is 4.63. The summed E-state index contributed by atoms with van der Waals surface area (Å²) in [6, 6.07) is 3.69. The van der Waals surface area contributed by atoms with Gasteiger partial charge in [-0.25, -0.2) is 0 Å². The summed E-state index contributed by atoms with van der Waals surface area (Å²) in [4.78, 5) is 14.5. The van der Waals surface area contributed by atoms with Gasteiger partial charge in [0.05, 0.1) is 11.5 Å². The molecule has 1 aliphatic heterocycles. The van der Waals surface area contributed by atoms with Crippen molar-refractivity contribution in [3.63, 3.8) is 0 Å². The van der Waals surface area contributed by atoms with E-state index in [0.29, 0.717) is 40.5 Å². The smallest absolute Gasteiger partial charge is 0.266 e. The molecule has 128 valence electrons. The van der Waals surface area contributed by atoms with E-state index in [4.69, 9.17) is 21.7 Å². The maximum atomic E-state index is 12.3. The highest BCUT2D eigenvalue weighted by atomic mass is 79.9. The second kappa shape index (κ2) is 8.69. The quantitative estimate of drug-likeness (QED) is 0.360. The van der Waals surface area contributed by atoms with Crippen molar-refractivity contribution in [3.05, 3.63) is 39.7 Å². The zero-order valence-corrected chi connectivity index (χ0v) is 16.7. The molecule has 0 aromatic heterocycles. The first-order valence-electron chi connectivity index (χ1n) is 7.47. The molecule has 0 N–H and O–H groups in total. The van der Waals surface area contributed by atoms with Crippen LogP contribution in [0.5, 0.6) is 11.5 Å². The maximum absolute atomic E-state index is 12.3. The van der Waals surface area contributed by atoms with Crippen molar-refractivity contribution in [2.75, 3.05) is 19.8 Å². The Bertz CT molecular complexity index is 703. The zero-order chi connectivity index (χ0) is 17.7. The van der Waals surface area contributed by atoms with Gasteiger partial charge >= 0.3 is 0 Å². The van der Waals surface area contributed by atoms with E-state index in [9.17, 15) is 4.79 Å². The summed E-state index contributed by atoms with van der Waals surface area (Å²) in [5.74, 6) is 1.19. The minimum atomic E-state index is -0.0654. The molecule has 0 radical (unpaired) electrons. The van der Waals surface area contributed by atoms with Crippen LogP contribution in [0, 0.1) is 0 Å². The number of nitrogens with zero attached hydrogens (tertiary/aromatic N) is 1. The van der Waals surface area contributed by atoms with Gasteiger partial charge in [-0.15, -0.1) is 0 Å². The van der Waals surface area contributed by atoms with Crippen LogP contribution < -0.4 is 9.47 Å². The van der Waals surface area contributed by atoms with Crippen molar-refractivity contribution < 1.29 is 14.3 Å². The highest BCUT2D eigenvalue weighted by Gasteiger charge is 2.30. The molecule has 1 saturated heterocycles. The number of thiocarbonyl (C=S) groups is 1. The Kier molecular flexibility index (Phi) is 6.89. The molecule has 1 fully saturated rings. The summed E-state index contributed by atoms with van der Waals surface area (Å²) in [6.07, 6.45) is 3.49. The van der Waals surface area contributed by atoms with Gasteiger partial charge in [0, 0.05) is 11.0 Å². The van der Waals surface area contributed by atoms with E-state index in [1.165, 1.54) is 11.8 Å². The van der Waals surface area contributed by atoms with Crippen molar-refractivity contribution in [1.82, 2.24) is 4.90 Å². The number of hydrogen-bond donors (Lipinski definition) is 0. The van der Waals surface area contributed by atoms with Crippen LogP contribution in [0.3, 0.4) is 0 Å². The van der Waals surface area contributed by atoms with Crippen molar-refractivity contribution in [1.29, 1.82) is 0 Å². The molecule has 1 aromatic carbocycles. The summed E-state index contributed by atoms with van der Waals surface area (Å²) in [6.45, 7) is 8.94. The minimum absolute atomic E-state index is 0.0654. The van der Waals surface area contributed by atoms with Gasteiger partial charge in [0.1, 0.15) is 10.9 Å². The number of halogens is 1. The molecule has 0 spiro atoms. The largest absolute Gasteiger partial charge is 0.490 e. The Hall–Kier alpha value is -1.31. The molecule has 1 amide bonds. The van der Waals surface area contributed by atoms with Crippen molar-refractivity contribution in [3.8, 4) is 11.5 Å². The Morgan fingerprint density at radius 3 is 2.62 bits per heavy atom. The van der Waals surface area contributed by atoms with E-state index in [-0.39, 0.29) is 5.91 Å². The molecule has 4 nitrogen and oxygen atoms in total. The number of amides is 1. The number of likely N-dealkylation sites (N-methyl/N-ethyl adjacent to an activating group) is 1. The van der Waals surface area contributed by atoms with Gasteiger partial charge < -0.3 is 9.47 Å². The van der Waals surface area contributed by atoms with Crippen LogP contribution in [-0.4, -0.2) is 34.9 Å². The van der Waals surface area contributed by atoms with Gasteiger partial charge in [0.15, 0.2) is 11.5 Å². The third-order valence-corrected chi connectivity index (χ3v) is 5.26. The molecule has 1 aliphatic rings. The fraction of sp³-hybridized carbons (Fsp3) is 0.294. The van der Waals surface area contributed by atoms with Gasteiger partial charge in [0.2, 0.25) is 0 Å². The van der Waals surface area contributed by atoms with Crippen molar-refractivity contribution in [2.24, 2.45) is 0 Å². The van der Waals surface area contributed by atoms with Crippen LogP contribution in [-0.2, 0) is 4.79 Å². The minimum Gasteiger partial charge on any atom is -0.490 e. The number of ether oxygens (including phenoxy) is 2. The molecule has 0 saturated carbocycles. The third-order valence-electron chi connectivity index (χ3n) is 3.20. The van der Waals surface area contributed by atoms with Gasteiger partial charge in [-0.1, -0.05) is 52.6 Å². The number of rotatable bonds is 7. The fourth-order valence-corrected chi connectivity index (χ4v) is 3.92. The lowest BCUT2D eigenvalue weighted by atomic mass is 10.2. The fourth-order valence-electron chi connectivity index (χ4n) is 2.11. The molecule has 0 atom stereocenters. The monoisotopic (exact) mass is 427 g/mol. The summed E-state index contributed by atoms with van der Waals surface area (Å²) < 4.78 is 12.7. The lowest BCUT2D eigenvalue weighted by Gasteiger charge is -2.13. The Labute approximate surface area is 160 Å². The Morgan fingerprint density at radius 2 is 2.04 bits per heavy atom. The number of hydrogen-bond acceptors (Lipinski definition) is 5. The van der Waals surface area contributed by atoms with E-state index in [0.717, 1.165) is 10.0 Å². The van der Waals surface area contributed by atoms with Gasteiger partial charge in [-0.2, -0.15) is 0 Å². The molecule has 7 heteroatoms. The average Bonchev–Trinajstić information content (AvgIpc) is 2.82. The van der Waals surface area contributed by atoms with E-state index in [1.807, 2.05) is 32.1 Å². The Balaban J connectivity index is 2.38. The van der Waals surface area contributed by atoms with Gasteiger partial charge in [0.25, 0.3) is 5.91 Å². The second-order valence-electron chi connectivity index (χ2n) is 4.78. The third kappa shape index (κ3) is 4.20. The number of carbonyl (C=O) groups is 1. The lowest BCUT2D eigenvalue weighted by molar-refractivity contribution is -0.121. The maximum Gasteiger partial charge on any atom is 0.266 e. The number of benzene rings is 1. The molecule has 0 aliphatic carbocycles. The summed E-state index contributed by atoms with van der Waals surface area (Å²) in [7, 11) is 0. The topological polar surface area (TPSA) is 38.8 Å². The van der Waals surface area contributed by atoms with Gasteiger partial charge in [-0.05, 0) is 37.6 Å². The zero-order valence-electron chi connectivity index (χ0n) is 13.5. The van der Waals surface area contributed by atoms with E-state index in [2.05, 4.69) is 22.5 Å². The summed E-state index contributed by atoms with van der Waals surface area (Å²) >= 11 is 10.1. The summed E-state index contributed by atoms with van der Waals surface area (Å²) in [5.41, 5.74) is 0.834. The highest BCUT2D eigenvalue weighted by Crippen LogP contribution is 2.38. The molecule has 0 bridgehead atoms. The van der Waals surface area contributed by atoms with Crippen molar-refractivity contribution >= 4 is 56.2 Å². The summed E-state index contributed by atoms with van der Waals surface area (Å²) in [5, 5.41) is 0. The second-order valence-corrected chi connectivity index (χ2v) is 7.31. The normalized spacial score (nSPS) is 16.0. The average molecular weight is 428 g/mol. The van der Waals surface area contributed by atoms with E-state index >= 15 is 0 Å². The molecule has 1 aromatic rings. The molecule has 2 rings (SSSR count). The van der Waals surface area contributed by atoms with Crippen LogP contribution in [0.4, 0.5) is 0 Å². The number of thioether (sulfide) groups is 1. The van der Waals surface area contributed by atoms with E-state index < -0.39 is 0 Å². The first-order chi connectivity index (χ1) is 11.5. The van der Waals surface area contributed by atoms with Crippen LogP contribution in [0.1, 0.15) is 19.4 Å². The molecular weight excluding hydrogens is 410 g/mol. The Morgan fingerprint density at radius 1 is 1.33 bits per heavy atom. The number of carbonyl (C=O) groups excluding carboxylic acids is 1. The first kappa shape index (κ1) is 19.0. The van der Waals surface area contributed by atoms with E-state index in [1.54, 1.807) is 11.0 Å². The van der Waals surface area contributed by atoms with Crippen LogP contribution in [0.2, 0.25) is 0 Å². The predicted molar refractivity (Wildman–Crippen MR) is 107 cm³/mol. The van der Waals surface area contributed by atoms with Crippen LogP contribution in [0.25, 0.3) is 6.08 Å². The SMILES string of the molecule is C=CCOc1cc(Br)c(/C=C2\SC(=S)N(CC)C2=O)cc1OCC. The van der Waals surface area contributed by atoms with Crippen LogP contribution >= 0.6 is 39.9 Å². The standard InChI is InChI=1S/C17H18BrNO3S2/c1-4-7-22-14-10-12(18)11(8-13(14)21-6-3)9-15-16(20)19(5-2)17(23)24-15/h4,8-10H,1,5-7H2,2-3H3/b15-9-. The first-order valence-corrected chi connectivity index (χ1v) is 9.49. The molecular formula is C17H18BrNO3S2. The molecule has 1 heterocycles.